The number of carbonyl (C=O) groups is 1. The zero-order valence-corrected chi connectivity index (χ0v) is 16.3. The number of ether oxygens (including phenoxy) is 2. The topological polar surface area (TPSA) is 56.6 Å². The van der Waals surface area contributed by atoms with E-state index in [1.54, 1.807) is 7.11 Å². The van der Waals surface area contributed by atoms with Crippen molar-refractivity contribution in [1.29, 1.82) is 0 Å². The molecule has 1 aliphatic heterocycles. The van der Waals surface area contributed by atoms with Crippen molar-refractivity contribution in [3.63, 3.8) is 0 Å². The van der Waals surface area contributed by atoms with Gasteiger partial charge in [0, 0.05) is 18.8 Å². The van der Waals surface area contributed by atoms with Gasteiger partial charge in [0.25, 0.3) is 0 Å². The zero-order chi connectivity index (χ0) is 19.0. The van der Waals surface area contributed by atoms with Gasteiger partial charge in [-0.05, 0) is 50.5 Å². The minimum absolute atomic E-state index is 0.0261. The van der Waals surface area contributed by atoms with E-state index in [2.05, 4.69) is 11.2 Å². The van der Waals surface area contributed by atoms with Crippen molar-refractivity contribution >= 4 is 5.91 Å². The zero-order valence-electron chi connectivity index (χ0n) is 16.3. The molecule has 0 N–H and O–H groups in total. The Morgan fingerprint density at radius 2 is 2.15 bits per heavy atom. The predicted octanol–water partition coefficient (Wildman–Crippen LogP) is 2.47. The second-order valence-electron chi connectivity index (χ2n) is 7.67. The van der Waals surface area contributed by atoms with Crippen LogP contribution in [0.15, 0.2) is 30.3 Å². The minimum atomic E-state index is -0.380. The van der Waals surface area contributed by atoms with Crippen molar-refractivity contribution in [3.8, 4) is 5.75 Å². The lowest BCUT2D eigenvalue weighted by atomic mass is 9.93. The van der Waals surface area contributed by atoms with E-state index in [-0.39, 0.29) is 17.4 Å². The van der Waals surface area contributed by atoms with Crippen LogP contribution in [0.3, 0.4) is 0 Å². The summed E-state index contributed by atoms with van der Waals surface area (Å²) in [5.41, 5.74) is 2.81. The average molecular weight is 369 g/mol. The fourth-order valence-electron chi connectivity index (χ4n) is 4.04. The van der Waals surface area contributed by atoms with Gasteiger partial charge in [-0.2, -0.15) is 5.10 Å². The van der Waals surface area contributed by atoms with E-state index in [0.717, 1.165) is 35.5 Å². The van der Waals surface area contributed by atoms with Crippen molar-refractivity contribution in [2.45, 2.75) is 44.8 Å². The van der Waals surface area contributed by atoms with Crippen molar-refractivity contribution in [1.82, 2.24) is 14.7 Å². The molecular weight excluding hydrogens is 342 g/mol. The monoisotopic (exact) mass is 369 g/mol. The van der Waals surface area contributed by atoms with Crippen LogP contribution >= 0.6 is 0 Å². The summed E-state index contributed by atoms with van der Waals surface area (Å²) >= 11 is 0. The Bertz CT molecular complexity index is 841. The SMILES string of the molecule is COc1cccc(C2(C(=O)N3CCOC(Cn4nc(C)cc4C)C3)CC2)c1. The molecule has 2 heterocycles. The second kappa shape index (κ2) is 7.00. The Labute approximate surface area is 160 Å². The molecule has 1 saturated heterocycles. The fraction of sp³-hybridized carbons (Fsp3) is 0.524. The summed E-state index contributed by atoms with van der Waals surface area (Å²) in [5.74, 6) is 1.02. The first-order valence-corrected chi connectivity index (χ1v) is 9.58. The molecule has 1 aromatic heterocycles. The number of hydrogen-bond donors (Lipinski definition) is 0. The predicted molar refractivity (Wildman–Crippen MR) is 102 cm³/mol. The molecule has 6 nitrogen and oxygen atoms in total. The number of amides is 1. The van der Waals surface area contributed by atoms with Crippen molar-refractivity contribution < 1.29 is 14.3 Å². The lowest BCUT2D eigenvalue weighted by Gasteiger charge is -2.35. The third-order valence-electron chi connectivity index (χ3n) is 5.69. The van der Waals surface area contributed by atoms with Gasteiger partial charge in [-0.1, -0.05) is 12.1 Å². The molecule has 2 fully saturated rings. The van der Waals surface area contributed by atoms with Crippen LogP contribution in [-0.4, -0.2) is 53.5 Å². The molecule has 1 saturated carbocycles. The van der Waals surface area contributed by atoms with Crippen LogP contribution in [0.25, 0.3) is 0 Å². The third-order valence-corrected chi connectivity index (χ3v) is 5.69. The Morgan fingerprint density at radius 1 is 1.33 bits per heavy atom. The Balaban J connectivity index is 1.47. The smallest absolute Gasteiger partial charge is 0.233 e. The summed E-state index contributed by atoms with van der Waals surface area (Å²) in [5, 5.41) is 4.52. The molecule has 0 radical (unpaired) electrons. The first kappa shape index (κ1) is 18.0. The van der Waals surface area contributed by atoms with E-state index in [1.807, 2.05) is 47.7 Å². The number of carbonyl (C=O) groups excluding carboxylic acids is 1. The molecule has 0 spiro atoms. The molecule has 2 aromatic rings. The normalized spacial score (nSPS) is 21.1. The van der Waals surface area contributed by atoms with Gasteiger partial charge >= 0.3 is 0 Å². The van der Waals surface area contributed by atoms with Crippen molar-refractivity contribution in [2.24, 2.45) is 0 Å². The minimum Gasteiger partial charge on any atom is -0.497 e. The molecule has 1 atom stereocenters. The van der Waals surface area contributed by atoms with E-state index < -0.39 is 0 Å². The molecule has 2 aliphatic rings. The first-order valence-electron chi connectivity index (χ1n) is 9.58. The highest BCUT2D eigenvalue weighted by atomic mass is 16.5. The van der Waals surface area contributed by atoms with Crippen LogP contribution in [-0.2, 0) is 21.5 Å². The largest absolute Gasteiger partial charge is 0.497 e. The Kier molecular flexibility index (Phi) is 4.68. The van der Waals surface area contributed by atoms with E-state index in [0.29, 0.717) is 26.2 Å². The third kappa shape index (κ3) is 3.46. The fourth-order valence-corrected chi connectivity index (χ4v) is 4.04. The molecule has 144 valence electrons. The summed E-state index contributed by atoms with van der Waals surface area (Å²) in [6.07, 6.45) is 1.78. The first-order chi connectivity index (χ1) is 13.0. The van der Waals surface area contributed by atoms with Crippen molar-refractivity contribution in [3.05, 3.63) is 47.3 Å². The molecule has 1 aliphatic carbocycles. The molecule has 1 unspecified atom stereocenters. The average Bonchev–Trinajstić information content (AvgIpc) is 3.43. The van der Waals surface area contributed by atoms with Crippen LogP contribution in [0, 0.1) is 13.8 Å². The Hall–Kier alpha value is -2.34. The summed E-state index contributed by atoms with van der Waals surface area (Å²) in [6.45, 7) is 6.56. The highest BCUT2D eigenvalue weighted by molar-refractivity contribution is 5.91. The van der Waals surface area contributed by atoms with Gasteiger partial charge in [-0.25, -0.2) is 0 Å². The van der Waals surface area contributed by atoms with Crippen LogP contribution < -0.4 is 4.74 Å². The lowest BCUT2D eigenvalue weighted by molar-refractivity contribution is -0.142. The maximum absolute atomic E-state index is 13.4. The number of aryl methyl sites for hydroxylation is 2. The van der Waals surface area contributed by atoms with E-state index in [4.69, 9.17) is 9.47 Å². The maximum Gasteiger partial charge on any atom is 0.233 e. The standard InChI is InChI=1S/C21H27N3O3/c1-15-11-16(2)24(22-15)14-19-13-23(9-10-27-19)20(25)21(7-8-21)17-5-4-6-18(12-17)26-3/h4-6,11-12,19H,7-10,13-14H2,1-3H3. The number of hydrogen-bond acceptors (Lipinski definition) is 4. The summed E-state index contributed by atoms with van der Waals surface area (Å²) in [4.78, 5) is 15.3. The van der Waals surface area contributed by atoms with Crippen LogP contribution in [0.1, 0.15) is 29.8 Å². The number of benzene rings is 1. The summed E-state index contributed by atoms with van der Waals surface area (Å²) < 4.78 is 13.2. The second-order valence-corrected chi connectivity index (χ2v) is 7.67. The van der Waals surface area contributed by atoms with Gasteiger partial charge in [-0.3, -0.25) is 9.48 Å². The van der Waals surface area contributed by atoms with Crippen LogP contribution in [0.2, 0.25) is 0 Å². The molecule has 1 amide bonds. The number of morpholine rings is 1. The molecule has 1 aromatic carbocycles. The summed E-state index contributed by atoms with van der Waals surface area (Å²) in [7, 11) is 1.66. The van der Waals surface area contributed by atoms with Gasteiger partial charge in [-0.15, -0.1) is 0 Å². The van der Waals surface area contributed by atoms with Gasteiger partial charge < -0.3 is 14.4 Å². The van der Waals surface area contributed by atoms with Crippen molar-refractivity contribution in [2.75, 3.05) is 26.8 Å². The van der Waals surface area contributed by atoms with Gasteiger partial charge in [0.05, 0.1) is 37.5 Å². The highest BCUT2D eigenvalue weighted by Gasteiger charge is 2.53. The van der Waals surface area contributed by atoms with E-state index >= 15 is 0 Å². The quantitative estimate of drug-likeness (QED) is 0.812. The van der Waals surface area contributed by atoms with Crippen LogP contribution in [0.5, 0.6) is 5.75 Å². The highest BCUT2D eigenvalue weighted by Crippen LogP contribution is 2.50. The number of nitrogens with zero attached hydrogens (tertiary/aromatic N) is 3. The number of rotatable bonds is 5. The molecule has 0 bridgehead atoms. The van der Waals surface area contributed by atoms with Crippen LogP contribution in [0.4, 0.5) is 0 Å². The molecular formula is C21H27N3O3. The summed E-state index contributed by atoms with van der Waals surface area (Å²) in [6, 6.07) is 9.99. The Morgan fingerprint density at radius 3 is 2.81 bits per heavy atom. The van der Waals surface area contributed by atoms with Gasteiger partial charge in [0.1, 0.15) is 5.75 Å². The van der Waals surface area contributed by atoms with Gasteiger partial charge in [0.15, 0.2) is 0 Å². The molecule has 27 heavy (non-hydrogen) atoms. The lowest BCUT2D eigenvalue weighted by Crippen LogP contribution is -2.50. The number of aromatic nitrogens is 2. The number of methoxy groups -OCH3 is 1. The molecule has 6 heteroatoms. The van der Waals surface area contributed by atoms with E-state index in [1.165, 1.54) is 0 Å². The van der Waals surface area contributed by atoms with E-state index in [9.17, 15) is 4.79 Å². The maximum atomic E-state index is 13.4. The molecule has 4 rings (SSSR count). The van der Waals surface area contributed by atoms with Gasteiger partial charge in [0.2, 0.25) is 5.91 Å².